The molecule has 0 aliphatic rings. The monoisotopic (exact) mass is 258 g/mol. The highest BCUT2D eigenvalue weighted by molar-refractivity contribution is 5.98. The van der Waals surface area contributed by atoms with Crippen LogP contribution >= 0.6 is 0 Å². The molecular formula is C15H18N2O2. The Hall–Kier alpha value is -1.94. The topological polar surface area (TPSA) is 44.1 Å². The number of carbonyl (C=O) groups excluding carboxylic acids is 1. The number of aromatic nitrogens is 2. The molecule has 0 spiro atoms. The molecule has 0 saturated carbocycles. The Labute approximate surface area is 113 Å². The molecule has 2 rings (SSSR count). The maximum Gasteiger partial charge on any atom is 0.214 e. The van der Waals surface area contributed by atoms with Crippen molar-refractivity contribution in [1.29, 1.82) is 0 Å². The van der Waals surface area contributed by atoms with Gasteiger partial charge >= 0.3 is 0 Å². The molecule has 0 aliphatic heterocycles. The second kappa shape index (κ2) is 6.29. The number of carbonyl (C=O) groups is 1. The standard InChI is InChI=1S/C15H18N2O2/c1-3-17-13(10-11-16-17)14(18)15(19-4-2)12-8-6-5-7-9-12/h5-11,15H,3-4H2,1-2H3. The van der Waals surface area contributed by atoms with E-state index in [4.69, 9.17) is 4.74 Å². The van der Waals surface area contributed by atoms with Crippen molar-refractivity contribution in [3.63, 3.8) is 0 Å². The Morgan fingerprint density at radius 3 is 2.63 bits per heavy atom. The molecular weight excluding hydrogens is 240 g/mol. The van der Waals surface area contributed by atoms with Crippen LogP contribution in [0.5, 0.6) is 0 Å². The lowest BCUT2D eigenvalue weighted by atomic mass is 10.0. The van der Waals surface area contributed by atoms with Crippen LogP contribution in [0.3, 0.4) is 0 Å². The van der Waals surface area contributed by atoms with Crippen LogP contribution in [0.1, 0.15) is 36.0 Å². The summed E-state index contributed by atoms with van der Waals surface area (Å²) in [6.07, 6.45) is 1.08. The predicted molar refractivity (Wildman–Crippen MR) is 73.0 cm³/mol. The number of nitrogens with zero attached hydrogens (tertiary/aromatic N) is 2. The Balaban J connectivity index is 2.32. The third-order valence-electron chi connectivity index (χ3n) is 2.94. The highest BCUT2D eigenvalue weighted by atomic mass is 16.5. The summed E-state index contributed by atoms with van der Waals surface area (Å²) in [6.45, 7) is 5.01. The number of hydrogen-bond donors (Lipinski definition) is 0. The van der Waals surface area contributed by atoms with Crippen LogP contribution in [-0.4, -0.2) is 22.2 Å². The number of ether oxygens (including phenoxy) is 1. The maximum absolute atomic E-state index is 12.6. The van der Waals surface area contributed by atoms with Gasteiger partial charge in [-0.3, -0.25) is 9.48 Å². The summed E-state index contributed by atoms with van der Waals surface area (Å²) < 4.78 is 7.31. The van der Waals surface area contributed by atoms with Crippen molar-refractivity contribution in [2.45, 2.75) is 26.5 Å². The van der Waals surface area contributed by atoms with E-state index in [9.17, 15) is 4.79 Å². The first-order valence-corrected chi connectivity index (χ1v) is 6.50. The van der Waals surface area contributed by atoms with Crippen LogP contribution < -0.4 is 0 Å². The van der Waals surface area contributed by atoms with Crippen molar-refractivity contribution in [1.82, 2.24) is 9.78 Å². The van der Waals surface area contributed by atoms with Crippen molar-refractivity contribution < 1.29 is 9.53 Å². The molecule has 1 aromatic heterocycles. The Bertz CT molecular complexity index is 534. The lowest BCUT2D eigenvalue weighted by Crippen LogP contribution is -2.20. The van der Waals surface area contributed by atoms with E-state index in [1.165, 1.54) is 0 Å². The lowest BCUT2D eigenvalue weighted by molar-refractivity contribution is 0.0443. The van der Waals surface area contributed by atoms with Crippen molar-refractivity contribution in [3.8, 4) is 0 Å². The number of aryl methyl sites for hydroxylation is 1. The third-order valence-corrected chi connectivity index (χ3v) is 2.94. The molecule has 0 fully saturated rings. The van der Waals surface area contributed by atoms with Crippen molar-refractivity contribution in [3.05, 3.63) is 53.9 Å². The van der Waals surface area contributed by atoms with Gasteiger partial charge in [-0.25, -0.2) is 0 Å². The molecule has 4 heteroatoms. The molecule has 0 radical (unpaired) electrons. The van der Waals surface area contributed by atoms with E-state index in [1.54, 1.807) is 16.9 Å². The minimum absolute atomic E-state index is 0.0487. The Morgan fingerprint density at radius 2 is 2.00 bits per heavy atom. The van der Waals surface area contributed by atoms with Gasteiger partial charge in [0, 0.05) is 19.3 Å². The van der Waals surface area contributed by atoms with E-state index in [-0.39, 0.29) is 5.78 Å². The van der Waals surface area contributed by atoms with Gasteiger partial charge in [0.25, 0.3) is 0 Å². The highest BCUT2D eigenvalue weighted by Crippen LogP contribution is 2.22. The summed E-state index contributed by atoms with van der Waals surface area (Å²) in [6, 6.07) is 11.3. The first kappa shape index (κ1) is 13.5. The average molecular weight is 258 g/mol. The van der Waals surface area contributed by atoms with Gasteiger partial charge in [0.15, 0.2) is 0 Å². The molecule has 0 aliphatic carbocycles. The second-order valence-corrected chi connectivity index (χ2v) is 4.14. The zero-order chi connectivity index (χ0) is 13.7. The summed E-state index contributed by atoms with van der Waals surface area (Å²) >= 11 is 0. The van der Waals surface area contributed by atoms with Crippen LogP contribution in [0.2, 0.25) is 0 Å². The fraction of sp³-hybridized carbons (Fsp3) is 0.333. The predicted octanol–water partition coefficient (Wildman–Crippen LogP) is 2.86. The number of rotatable bonds is 6. The minimum atomic E-state index is -0.562. The molecule has 100 valence electrons. The SMILES string of the molecule is CCOC(C(=O)c1ccnn1CC)c1ccccc1. The van der Waals surface area contributed by atoms with E-state index in [2.05, 4.69) is 5.10 Å². The van der Waals surface area contributed by atoms with Gasteiger partial charge in [-0.05, 0) is 25.5 Å². The van der Waals surface area contributed by atoms with E-state index >= 15 is 0 Å². The summed E-state index contributed by atoms with van der Waals surface area (Å²) in [7, 11) is 0. The fourth-order valence-corrected chi connectivity index (χ4v) is 2.05. The van der Waals surface area contributed by atoms with Gasteiger partial charge in [-0.2, -0.15) is 5.10 Å². The van der Waals surface area contributed by atoms with Crippen molar-refractivity contribution in [2.24, 2.45) is 0 Å². The first-order chi connectivity index (χ1) is 9.27. The van der Waals surface area contributed by atoms with Crippen LogP contribution in [0, 0.1) is 0 Å². The molecule has 19 heavy (non-hydrogen) atoms. The molecule has 4 nitrogen and oxygen atoms in total. The first-order valence-electron chi connectivity index (χ1n) is 6.50. The smallest absolute Gasteiger partial charge is 0.214 e. The number of ketones is 1. The van der Waals surface area contributed by atoms with Gasteiger partial charge in [0.2, 0.25) is 5.78 Å². The number of Topliss-reactive ketones (excluding diaryl/α,β-unsaturated/α-hetero) is 1. The Morgan fingerprint density at radius 1 is 1.26 bits per heavy atom. The number of hydrogen-bond acceptors (Lipinski definition) is 3. The van der Waals surface area contributed by atoms with E-state index in [0.717, 1.165) is 5.56 Å². The lowest BCUT2D eigenvalue weighted by Gasteiger charge is -2.16. The molecule has 0 saturated heterocycles. The van der Waals surface area contributed by atoms with Gasteiger partial charge in [0.1, 0.15) is 11.8 Å². The molecule has 2 aromatic rings. The van der Waals surface area contributed by atoms with E-state index < -0.39 is 6.10 Å². The van der Waals surface area contributed by atoms with Gasteiger partial charge in [0.05, 0.1) is 0 Å². The van der Waals surface area contributed by atoms with Crippen LogP contribution in [0.15, 0.2) is 42.6 Å². The quantitative estimate of drug-likeness (QED) is 0.748. The largest absolute Gasteiger partial charge is 0.366 e. The molecule has 1 aromatic carbocycles. The summed E-state index contributed by atoms with van der Waals surface area (Å²) in [5.74, 6) is -0.0487. The molecule has 0 amide bonds. The van der Waals surface area contributed by atoms with Crippen molar-refractivity contribution in [2.75, 3.05) is 6.61 Å². The van der Waals surface area contributed by atoms with E-state index in [1.807, 2.05) is 44.2 Å². The molecule has 1 unspecified atom stereocenters. The summed E-state index contributed by atoms with van der Waals surface area (Å²) in [5, 5.41) is 4.13. The third kappa shape index (κ3) is 2.90. The average Bonchev–Trinajstić information content (AvgIpc) is 2.93. The molecule has 0 bridgehead atoms. The zero-order valence-electron chi connectivity index (χ0n) is 11.2. The van der Waals surface area contributed by atoms with Gasteiger partial charge < -0.3 is 4.74 Å². The second-order valence-electron chi connectivity index (χ2n) is 4.14. The summed E-state index contributed by atoms with van der Waals surface area (Å²) in [4.78, 5) is 12.6. The van der Waals surface area contributed by atoms with Crippen LogP contribution in [-0.2, 0) is 11.3 Å². The Kier molecular flexibility index (Phi) is 4.47. The zero-order valence-corrected chi connectivity index (χ0v) is 11.2. The fourth-order valence-electron chi connectivity index (χ4n) is 2.05. The van der Waals surface area contributed by atoms with Gasteiger partial charge in [-0.1, -0.05) is 30.3 Å². The summed E-state index contributed by atoms with van der Waals surface area (Å²) in [5.41, 5.74) is 1.46. The molecule has 0 N–H and O–H groups in total. The van der Waals surface area contributed by atoms with Gasteiger partial charge in [-0.15, -0.1) is 0 Å². The number of benzene rings is 1. The van der Waals surface area contributed by atoms with Crippen LogP contribution in [0.25, 0.3) is 0 Å². The van der Waals surface area contributed by atoms with Crippen molar-refractivity contribution >= 4 is 5.78 Å². The maximum atomic E-state index is 12.6. The van der Waals surface area contributed by atoms with Crippen LogP contribution in [0.4, 0.5) is 0 Å². The molecule has 1 heterocycles. The minimum Gasteiger partial charge on any atom is -0.366 e. The molecule has 1 atom stereocenters. The van der Waals surface area contributed by atoms with E-state index in [0.29, 0.717) is 18.8 Å². The normalized spacial score (nSPS) is 12.3. The highest BCUT2D eigenvalue weighted by Gasteiger charge is 2.24.